The number of benzene rings is 5. The van der Waals surface area contributed by atoms with Gasteiger partial charge >= 0.3 is 5.97 Å². The Balaban J connectivity index is 1.38. The third-order valence-electron chi connectivity index (χ3n) is 6.03. The van der Waals surface area contributed by atoms with Crippen molar-refractivity contribution in [3.05, 3.63) is 108 Å². The fraction of sp³-hybridized carbons (Fsp3) is 0.0667. The fourth-order valence-corrected chi connectivity index (χ4v) is 4.21. The zero-order chi connectivity index (χ0) is 25.2. The summed E-state index contributed by atoms with van der Waals surface area (Å²) in [7, 11) is 0. The number of phenols is 2. The summed E-state index contributed by atoms with van der Waals surface area (Å²) < 4.78 is 5.61. The third-order valence-corrected chi connectivity index (χ3v) is 6.03. The van der Waals surface area contributed by atoms with E-state index in [0.29, 0.717) is 29.1 Å². The first-order valence-electron chi connectivity index (χ1n) is 11.5. The van der Waals surface area contributed by atoms with Crippen LogP contribution >= 0.6 is 0 Å². The van der Waals surface area contributed by atoms with Crippen LogP contribution in [-0.2, 0) is 0 Å². The number of ether oxygens (including phenoxy) is 1. The van der Waals surface area contributed by atoms with E-state index in [1.807, 2.05) is 6.92 Å². The fourth-order valence-electron chi connectivity index (χ4n) is 4.21. The topological polar surface area (TPSA) is 87.1 Å². The van der Waals surface area contributed by atoms with Gasteiger partial charge in [-0.25, -0.2) is 4.79 Å². The standard InChI is InChI=1S/C30H23NO5/c1-2-31(29(34)23-8-6-21-16-26(32)12-10-19(21)14-23)25-4-3-5-28(18-25)36-30(35)24-9-7-22-17-27(33)13-11-20(22)15-24/h3-18,32-33H,2H2,1H3. The summed E-state index contributed by atoms with van der Waals surface area (Å²) in [5.74, 6) is -0.0506. The van der Waals surface area contributed by atoms with E-state index < -0.39 is 5.97 Å². The van der Waals surface area contributed by atoms with Gasteiger partial charge < -0.3 is 19.8 Å². The molecule has 5 rings (SSSR count). The molecule has 0 aromatic heterocycles. The molecule has 5 aromatic carbocycles. The Morgan fingerprint density at radius 1 is 0.694 bits per heavy atom. The smallest absolute Gasteiger partial charge is 0.343 e. The van der Waals surface area contributed by atoms with E-state index in [1.165, 1.54) is 0 Å². The maximum absolute atomic E-state index is 13.3. The predicted molar refractivity (Wildman–Crippen MR) is 140 cm³/mol. The van der Waals surface area contributed by atoms with Gasteiger partial charge in [-0.3, -0.25) is 4.79 Å². The first kappa shape index (κ1) is 22.9. The molecule has 0 fully saturated rings. The molecule has 0 aliphatic heterocycles. The Bertz CT molecular complexity index is 1630. The minimum Gasteiger partial charge on any atom is -0.508 e. The van der Waals surface area contributed by atoms with E-state index in [2.05, 4.69) is 0 Å². The van der Waals surface area contributed by atoms with Gasteiger partial charge in [0, 0.05) is 23.9 Å². The Morgan fingerprint density at radius 2 is 1.25 bits per heavy atom. The molecule has 5 aromatic rings. The molecule has 0 spiro atoms. The van der Waals surface area contributed by atoms with Crippen molar-refractivity contribution in [3.8, 4) is 17.2 Å². The quantitative estimate of drug-likeness (QED) is 0.229. The SMILES string of the molecule is CCN(C(=O)c1ccc2cc(O)ccc2c1)c1cccc(OC(=O)c2ccc3cc(O)ccc3c2)c1. The highest BCUT2D eigenvalue weighted by Gasteiger charge is 2.18. The van der Waals surface area contributed by atoms with Gasteiger partial charge in [-0.1, -0.05) is 30.3 Å². The highest BCUT2D eigenvalue weighted by molar-refractivity contribution is 6.08. The van der Waals surface area contributed by atoms with Crippen LogP contribution in [-0.4, -0.2) is 28.6 Å². The molecule has 0 saturated carbocycles. The molecule has 36 heavy (non-hydrogen) atoms. The monoisotopic (exact) mass is 477 g/mol. The van der Waals surface area contributed by atoms with E-state index in [1.54, 1.807) is 102 Å². The number of carbonyl (C=O) groups is 2. The molecule has 2 N–H and O–H groups in total. The molecule has 0 bridgehead atoms. The van der Waals surface area contributed by atoms with Crippen LogP contribution in [0.25, 0.3) is 21.5 Å². The van der Waals surface area contributed by atoms with Crippen molar-refractivity contribution in [1.29, 1.82) is 0 Å². The second-order valence-electron chi connectivity index (χ2n) is 8.43. The maximum Gasteiger partial charge on any atom is 0.343 e. The zero-order valence-corrected chi connectivity index (χ0v) is 19.5. The van der Waals surface area contributed by atoms with E-state index in [-0.39, 0.29) is 17.4 Å². The molecule has 0 radical (unpaired) electrons. The van der Waals surface area contributed by atoms with Crippen LogP contribution in [0.1, 0.15) is 27.6 Å². The van der Waals surface area contributed by atoms with Crippen LogP contribution in [0.5, 0.6) is 17.2 Å². The lowest BCUT2D eigenvalue weighted by atomic mass is 10.1. The molecule has 0 saturated heterocycles. The maximum atomic E-state index is 13.3. The highest BCUT2D eigenvalue weighted by Crippen LogP contribution is 2.27. The van der Waals surface area contributed by atoms with Crippen LogP contribution in [0.15, 0.2) is 97.1 Å². The molecular formula is C30H23NO5. The number of hydrogen-bond donors (Lipinski definition) is 2. The molecule has 0 unspecified atom stereocenters. The van der Waals surface area contributed by atoms with E-state index in [4.69, 9.17) is 4.74 Å². The van der Waals surface area contributed by atoms with Crippen LogP contribution in [0.3, 0.4) is 0 Å². The summed E-state index contributed by atoms with van der Waals surface area (Å²) >= 11 is 0. The average molecular weight is 478 g/mol. The molecule has 1 amide bonds. The molecule has 0 aliphatic rings. The van der Waals surface area contributed by atoms with Crippen LogP contribution in [0.2, 0.25) is 0 Å². The number of aromatic hydroxyl groups is 2. The average Bonchev–Trinajstić information content (AvgIpc) is 2.88. The van der Waals surface area contributed by atoms with Crippen molar-refractivity contribution in [2.75, 3.05) is 11.4 Å². The Hall–Kier alpha value is -4.84. The number of hydrogen-bond acceptors (Lipinski definition) is 5. The summed E-state index contributed by atoms with van der Waals surface area (Å²) in [6, 6.07) is 27.2. The summed E-state index contributed by atoms with van der Waals surface area (Å²) in [5, 5.41) is 22.6. The van der Waals surface area contributed by atoms with Gasteiger partial charge in [0.1, 0.15) is 17.2 Å². The third kappa shape index (κ3) is 4.57. The van der Waals surface area contributed by atoms with Crippen molar-refractivity contribution in [3.63, 3.8) is 0 Å². The molecule has 6 heteroatoms. The Kier molecular flexibility index (Phi) is 6.00. The minimum absolute atomic E-state index is 0.160. The molecular weight excluding hydrogens is 454 g/mol. The summed E-state index contributed by atoms with van der Waals surface area (Å²) in [4.78, 5) is 27.8. The number of fused-ring (bicyclic) bond motifs is 2. The summed E-state index contributed by atoms with van der Waals surface area (Å²) in [5.41, 5.74) is 1.50. The van der Waals surface area contributed by atoms with Gasteiger partial charge in [0.2, 0.25) is 0 Å². The van der Waals surface area contributed by atoms with Crippen molar-refractivity contribution in [2.24, 2.45) is 0 Å². The van der Waals surface area contributed by atoms with Gasteiger partial charge in [0.05, 0.1) is 5.56 Å². The van der Waals surface area contributed by atoms with Crippen molar-refractivity contribution in [2.45, 2.75) is 6.92 Å². The van der Waals surface area contributed by atoms with Gasteiger partial charge in [0.15, 0.2) is 0 Å². The lowest BCUT2D eigenvalue weighted by Gasteiger charge is -2.22. The Labute approximate surface area is 207 Å². The van der Waals surface area contributed by atoms with Crippen molar-refractivity contribution < 1.29 is 24.5 Å². The number of rotatable bonds is 5. The lowest BCUT2D eigenvalue weighted by Crippen LogP contribution is -2.30. The summed E-state index contributed by atoms with van der Waals surface area (Å²) in [6.07, 6.45) is 0. The molecule has 0 aliphatic carbocycles. The number of nitrogens with zero attached hydrogens (tertiary/aromatic N) is 1. The largest absolute Gasteiger partial charge is 0.508 e. The van der Waals surface area contributed by atoms with E-state index in [9.17, 15) is 19.8 Å². The van der Waals surface area contributed by atoms with Crippen molar-refractivity contribution in [1.82, 2.24) is 0 Å². The molecule has 0 heterocycles. The second kappa shape index (κ2) is 9.43. The van der Waals surface area contributed by atoms with E-state index in [0.717, 1.165) is 21.5 Å². The lowest BCUT2D eigenvalue weighted by molar-refractivity contribution is 0.0735. The first-order valence-corrected chi connectivity index (χ1v) is 11.5. The number of anilines is 1. The number of amides is 1. The van der Waals surface area contributed by atoms with Gasteiger partial charge in [-0.05, 0) is 89.1 Å². The van der Waals surface area contributed by atoms with Gasteiger partial charge in [-0.2, -0.15) is 0 Å². The minimum atomic E-state index is -0.519. The van der Waals surface area contributed by atoms with Gasteiger partial charge in [-0.15, -0.1) is 0 Å². The Morgan fingerprint density at radius 3 is 1.89 bits per heavy atom. The number of phenolic OH excluding ortho intramolecular Hbond substituents is 2. The molecule has 6 nitrogen and oxygen atoms in total. The highest BCUT2D eigenvalue weighted by atomic mass is 16.5. The first-order chi connectivity index (χ1) is 17.4. The molecule has 0 atom stereocenters. The summed E-state index contributed by atoms with van der Waals surface area (Å²) in [6.45, 7) is 2.30. The second-order valence-corrected chi connectivity index (χ2v) is 8.43. The molecule has 178 valence electrons. The zero-order valence-electron chi connectivity index (χ0n) is 19.5. The predicted octanol–water partition coefficient (Wildman–Crippen LogP) is 6.29. The van der Waals surface area contributed by atoms with Crippen molar-refractivity contribution >= 4 is 39.1 Å². The normalized spacial score (nSPS) is 10.9. The van der Waals surface area contributed by atoms with Crippen LogP contribution < -0.4 is 9.64 Å². The number of esters is 1. The van der Waals surface area contributed by atoms with Crippen LogP contribution in [0, 0.1) is 0 Å². The van der Waals surface area contributed by atoms with Crippen LogP contribution in [0.4, 0.5) is 5.69 Å². The number of carbonyl (C=O) groups excluding carboxylic acids is 2. The van der Waals surface area contributed by atoms with E-state index >= 15 is 0 Å². The van der Waals surface area contributed by atoms with Gasteiger partial charge in [0.25, 0.3) is 5.91 Å².